The first-order chi connectivity index (χ1) is 10.2. The predicted molar refractivity (Wildman–Crippen MR) is 97.9 cm³/mol. The zero-order valence-corrected chi connectivity index (χ0v) is 15.6. The second-order valence-electron chi connectivity index (χ2n) is 6.85. The molecule has 1 heterocycles. The molecule has 0 radical (unpaired) electrons. The van der Waals surface area contributed by atoms with E-state index >= 15 is 0 Å². The fraction of sp³-hybridized carbons (Fsp3) is 0.684. The average Bonchev–Trinajstić information content (AvgIpc) is 2.38. The van der Waals surface area contributed by atoms with Gasteiger partial charge in [0.1, 0.15) is 5.60 Å². The summed E-state index contributed by atoms with van der Waals surface area (Å²) < 4.78 is 5.81. The van der Waals surface area contributed by atoms with Crippen molar-refractivity contribution in [1.82, 2.24) is 9.80 Å². The smallest absolute Gasteiger partial charge is 0.182 e. The van der Waals surface area contributed by atoms with Gasteiger partial charge in [-0.15, -0.1) is 0 Å². The number of nitrogens with zero attached hydrogens (tertiary/aromatic N) is 2. The van der Waals surface area contributed by atoms with Gasteiger partial charge in [-0.05, 0) is 34.3 Å². The number of hydrogen-bond donors (Lipinski definition) is 0. The maximum absolute atomic E-state index is 5.81. The molecule has 0 aromatic rings. The van der Waals surface area contributed by atoms with Crippen LogP contribution in [-0.4, -0.2) is 48.1 Å². The van der Waals surface area contributed by atoms with Crippen LogP contribution in [0.5, 0.6) is 0 Å². The fourth-order valence-electron chi connectivity index (χ4n) is 2.00. The Morgan fingerprint density at radius 2 is 1.59 bits per heavy atom. The summed E-state index contributed by atoms with van der Waals surface area (Å²) in [5, 5.41) is 0. The molecule has 1 rings (SSSR count). The highest BCUT2D eigenvalue weighted by atomic mass is 16.5. The fourth-order valence-corrected chi connectivity index (χ4v) is 2.00. The maximum Gasteiger partial charge on any atom is 0.182 e. The highest BCUT2D eigenvalue weighted by Crippen LogP contribution is 2.17. The van der Waals surface area contributed by atoms with Crippen molar-refractivity contribution in [3.05, 3.63) is 36.8 Å². The number of piperazine rings is 1. The molecular weight excluding hydrogens is 272 g/mol. The van der Waals surface area contributed by atoms with Gasteiger partial charge in [0.2, 0.25) is 0 Å². The van der Waals surface area contributed by atoms with Crippen molar-refractivity contribution in [2.45, 2.75) is 53.6 Å². The van der Waals surface area contributed by atoms with Crippen molar-refractivity contribution in [2.75, 3.05) is 32.7 Å². The second-order valence-corrected chi connectivity index (χ2v) is 6.85. The summed E-state index contributed by atoms with van der Waals surface area (Å²) in [4.78, 5) is 4.66. The molecule has 0 amide bonds. The van der Waals surface area contributed by atoms with Crippen LogP contribution >= 0.6 is 0 Å². The summed E-state index contributed by atoms with van der Waals surface area (Å²) in [6, 6.07) is 0. The summed E-state index contributed by atoms with van der Waals surface area (Å²) in [6.07, 6.45) is 5.51. The number of ether oxygens (including phenoxy) is 1. The molecule has 1 aliphatic heterocycles. The van der Waals surface area contributed by atoms with E-state index in [1.165, 1.54) is 6.42 Å². The molecule has 3 heteroatoms. The minimum atomic E-state index is -0.168. The van der Waals surface area contributed by atoms with Gasteiger partial charge in [-0.2, -0.15) is 0 Å². The van der Waals surface area contributed by atoms with E-state index in [4.69, 9.17) is 4.74 Å². The van der Waals surface area contributed by atoms with E-state index in [2.05, 4.69) is 69.7 Å². The largest absolute Gasteiger partial charge is 0.474 e. The SMILES string of the molecule is C=C(C)/C=C/CN1CCN(C(=C)OC(C)(C)C)CC1.CCC. The molecule has 22 heavy (non-hydrogen) atoms. The van der Waals surface area contributed by atoms with Crippen LogP contribution in [0.25, 0.3) is 0 Å². The molecule has 3 nitrogen and oxygen atoms in total. The molecule has 0 unspecified atom stereocenters. The number of hydrogen-bond acceptors (Lipinski definition) is 3. The first kappa shape index (κ1) is 20.8. The van der Waals surface area contributed by atoms with Crippen LogP contribution in [-0.2, 0) is 4.74 Å². The highest BCUT2D eigenvalue weighted by molar-refractivity contribution is 5.11. The summed E-state index contributed by atoms with van der Waals surface area (Å²) in [5.74, 6) is 0.796. The highest BCUT2D eigenvalue weighted by Gasteiger charge is 2.21. The Hall–Kier alpha value is -1.22. The van der Waals surface area contributed by atoms with Crippen LogP contribution in [0.15, 0.2) is 36.8 Å². The van der Waals surface area contributed by atoms with Crippen molar-refractivity contribution in [2.24, 2.45) is 0 Å². The minimum absolute atomic E-state index is 0.168. The average molecular weight is 309 g/mol. The lowest BCUT2D eigenvalue weighted by Gasteiger charge is -2.38. The van der Waals surface area contributed by atoms with Crippen molar-refractivity contribution in [3.63, 3.8) is 0 Å². The van der Waals surface area contributed by atoms with Gasteiger partial charge in [0.05, 0.1) is 0 Å². The first-order valence-corrected chi connectivity index (χ1v) is 8.36. The maximum atomic E-state index is 5.81. The Balaban J connectivity index is 0.00000135. The van der Waals surface area contributed by atoms with Crippen LogP contribution in [0.4, 0.5) is 0 Å². The van der Waals surface area contributed by atoms with Crippen LogP contribution in [0.1, 0.15) is 48.0 Å². The molecule has 1 aliphatic rings. The van der Waals surface area contributed by atoms with Gasteiger partial charge in [-0.25, -0.2) is 0 Å². The molecule has 128 valence electrons. The third kappa shape index (κ3) is 10.5. The third-order valence-electron chi connectivity index (χ3n) is 2.91. The van der Waals surface area contributed by atoms with Gasteiger partial charge in [-0.1, -0.05) is 44.6 Å². The van der Waals surface area contributed by atoms with E-state index < -0.39 is 0 Å². The van der Waals surface area contributed by atoms with E-state index in [0.717, 1.165) is 44.2 Å². The van der Waals surface area contributed by atoms with Gasteiger partial charge in [0.25, 0.3) is 0 Å². The van der Waals surface area contributed by atoms with Gasteiger partial charge < -0.3 is 9.64 Å². The van der Waals surface area contributed by atoms with Crippen LogP contribution in [0, 0.1) is 0 Å². The third-order valence-corrected chi connectivity index (χ3v) is 2.91. The zero-order chi connectivity index (χ0) is 17.2. The van der Waals surface area contributed by atoms with E-state index in [1.807, 2.05) is 6.92 Å². The van der Waals surface area contributed by atoms with Crippen molar-refractivity contribution in [1.29, 1.82) is 0 Å². The number of allylic oxidation sites excluding steroid dienone is 2. The second kappa shape index (κ2) is 10.5. The molecule has 0 spiro atoms. The Morgan fingerprint density at radius 3 is 2.00 bits per heavy atom. The molecule has 0 atom stereocenters. The summed E-state index contributed by atoms with van der Waals surface area (Å²) in [7, 11) is 0. The van der Waals surface area contributed by atoms with Crippen molar-refractivity contribution < 1.29 is 4.74 Å². The van der Waals surface area contributed by atoms with Crippen LogP contribution in [0.2, 0.25) is 0 Å². The van der Waals surface area contributed by atoms with Crippen molar-refractivity contribution >= 4 is 0 Å². The summed E-state index contributed by atoms with van der Waals surface area (Å²) >= 11 is 0. The Kier molecular flexibility index (Phi) is 9.91. The summed E-state index contributed by atoms with van der Waals surface area (Å²) in [6.45, 7) is 25.4. The molecule has 0 aliphatic carbocycles. The quantitative estimate of drug-likeness (QED) is 0.551. The van der Waals surface area contributed by atoms with Gasteiger partial charge in [0.15, 0.2) is 5.88 Å². The molecule has 0 bridgehead atoms. The van der Waals surface area contributed by atoms with Crippen LogP contribution < -0.4 is 0 Å². The molecular formula is C19H36N2O. The van der Waals surface area contributed by atoms with E-state index in [9.17, 15) is 0 Å². The molecule has 1 fully saturated rings. The molecule has 0 aromatic heterocycles. The zero-order valence-electron chi connectivity index (χ0n) is 15.6. The van der Waals surface area contributed by atoms with E-state index in [0.29, 0.717) is 0 Å². The Labute approximate surface area is 138 Å². The number of rotatable bonds is 5. The van der Waals surface area contributed by atoms with Gasteiger partial charge in [0, 0.05) is 32.7 Å². The first-order valence-electron chi connectivity index (χ1n) is 8.36. The molecule has 0 saturated carbocycles. The molecule has 0 aromatic carbocycles. The van der Waals surface area contributed by atoms with E-state index in [-0.39, 0.29) is 5.60 Å². The lowest BCUT2D eigenvalue weighted by Crippen LogP contribution is -2.46. The molecule has 0 N–H and O–H groups in total. The normalized spacial score (nSPS) is 16.2. The minimum Gasteiger partial charge on any atom is -0.474 e. The monoisotopic (exact) mass is 308 g/mol. The Bertz CT molecular complexity index is 358. The Morgan fingerprint density at radius 1 is 1.09 bits per heavy atom. The van der Waals surface area contributed by atoms with Crippen LogP contribution in [0.3, 0.4) is 0 Å². The topological polar surface area (TPSA) is 15.7 Å². The lowest BCUT2D eigenvalue weighted by molar-refractivity contribution is -0.00870. The lowest BCUT2D eigenvalue weighted by atomic mass is 10.2. The van der Waals surface area contributed by atoms with Gasteiger partial charge >= 0.3 is 0 Å². The summed E-state index contributed by atoms with van der Waals surface area (Å²) in [5.41, 5.74) is 0.934. The van der Waals surface area contributed by atoms with E-state index in [1.54, 1.807) is 0 Å². The predicted octanol–water partition coefficient (Wildman–Crippen LogP) is 4.44. The molecule has 1 saturated heterocycles. The van der Waals surface area contributed by atoms with Crippen molar-refractivity contribution in [3.8, 4) is 0 Å². The van der Waals surface area contributed by atoms with Gasteiger partial charge in [-0.3, -0.25) is 4.90 Å². The standard InChI is InChI=1S/C16H28N2O.C3H8/c1-14(2)8-7-9-17-10-12-18(13-11-17)15(3)19-16(4,5)6;1-3-2/h7-8H,1,3,9-13H2,2,4-6H3;3H2,1-2H3/b8-7+;.